The molecule has 0 unspecified atom stereocenters. The van der Waals surface area contributed by atoms with E-state index in [4.69, 9.17) is 4.74 Å². The van der Waals surface area contributed by atoms with Gasteiger partial charge in [-0.1, -0.05) is 24.3 Å². The molecule has 1 amide bonds. The van der Waals surface area contributed by atoms with Gasteiger partial charge in [-0.2, -0.15) is 0 Å². The Balaban J connectivity index is 1.42. The molecule has 1 heterocycles. The van der Waals surface area contributed by atoms with E-state index in [9.17, 15) is 9.90 Å². The van der Waals surface area contributed by atoms with Crippen LogP contribution in [-0.2, 0) is 0 Å². The molecule has 26 heavy (non-hydrogen) atoms. The van der Waals surface area contributed by atoms with Gasteiger partial charge < -0.3 is 20.5 Å². The number of hydrogen-bond donors (Lipinski definition) is 3. The Kier molecular flexibility index (Phi) is 4.91. The largest absolute Gasteiger partial charge is 0.457 e. The quantitative estimate of drug-likeness (QED) is 0.791. The minimum Gasteiger partial charge on any atom is -0.457 e. The third-order valence-corrected chi connectivity index (χ3v) is 5.44. The number of carbonyl (C=O) groups excluding carboxylic acids is 1. The summed E-state index contributed by atoms with van der Waals surface area (Å²) < 4.78 is 5.80. The van der Waals surface area contributed by atoms with E-state index in [0.29, 0.717) is 23.1 Å². The molecule has 136 valence electrons. The Labute approximate surface area is 153 Å². The summed E-state index contributed by atoms with van der Waals surface area (Å²) in [5.41, 5.74) is 0.539. The zero-order valence-electron chi connectivity index (χ0n) is 14.6. The summed E-state index contributed by atoms with van der Waals surface area (Å²) in [6.07, 6.45) is 1.09. The fourth-order valence-electron chi connectivity index (χ4n) is 4.03. The van der Waals surface area contributed by atoms with Crippen molar-refractivity contribution < 1.29 is 14.6 Å². The van der Waals surface area contributed by atoms with Crippen molar-refractivity contribution in [2.75, 3.05) is 13.1 Å². The van der Waals surface area contributed by atoms with Crippen molar-refractivity contribution in [2.24, 2.45) is 11.8 Å². The SMILES string of the molecule is O=C(N[C@H]1C[C@H]2CNC[C@H]2C[C@@H]1O)c1cccc(Oc2ccccc2)c1. The van der Waals surface area contributed by atoms with E-state index >= 15 is 0 Å². The fourth-order valence-corrected chi connectivity index (χ4v) is 4.03. The first-order valence-electron chi connectivity index (χ1n) is 9.21. The number of ether oxygens (including phenoxy) is 1. The third-order valence-electron chi connectivity index (χ3n) is 5.44. The molecule has 4 rings (SSSR count). The van der Waals surface area contributed by atoms with Crippen LogP contribution in [0.2, 0.25) is 0 Å². The van der Waals surface area contributed by atoms with E-state index in [1.807, 2.05) is 36.4 Å². The number of benzene rings is 2. The molecule has 1 saturated heterocycles. The molecule has 2 aromatic carbocycles. The highest BCUT2D eigenvalue weighted by Crippen LogP contribution is 2.33. The smallest absolute Gasteiger partial charge is 0.251 e. The molecular formula is C21H24N2O3. The van der Waals surface area contributed by atoms with Gasteiger partial charge in [0.25, 0.3) is 5.91 Å². The predicted octanol–water partition coefficient (Wildman–Crippen LogP) is 2.57. The maximum absolute atomic E-state index is 12.7. The normalized spacial score (nSPS) is 27.6. The predicted molar refractivity (Wildman–Crippen MR) is 99.3 cm³/mol. The standard InChI is InChI=1S/C21H24N2O3/c24-20-11-16-13-22-12-15(16)10-19(20)23-21(25)14-5-4-8-18(9-14)26-17-6-2-1-3-7-17/h1-9,15-16,19-20,22,24H,10-13H2,(H,23,25)/t15-,16+,19-,20-/m0/s1. The molecule has 0 bridgehead atoms. The molecule has 0 spiro atoms. The number of fused-ring (bicyclic) bond motifs is 1. The summed E-state index contributed by atoms with van der Waals surface area (Å²) in [7, 11) is 0. The second-order valence-electron chi connectivity index (χ2n) is 7.24. The molecule has 0 aromatic heterocycles. The van der Waals surface area contributed by atoms with Gasteiger partial charge in [0.2, 0.25) is 0 Å². The highest BCUT2D eigenvalue weighted by molar-refractivity contribution is 5.94. The first-order valence-corrected chi connectivity index (χ1v) is 9.21. The van der Waals surface area contributed by atoms with Gasteiger partial charge in [0, 0.05) is 5.56 Å². The Hall–Kier alpha value is -2.37. The van der Waals surface area contributed by atoms with Gasteiger partial charge >= 0.3 is 0 Å². The van der Waals surface area contributed by atoms with E-state index in [-0.39, 0.29) is 11.9 Å². The van der Waals surface area contributed by atoms with Crippen molar-refractivity contribution in [2.45, 2.75) is 25.0 Å². The first-order chi connectivity index (χ1) is 12.7. The van der Waals surface area contributed by atoms with Crippen molar-refractivity contribution >= 4 is 5.91 Å². The summed E-state index contributed by atoms with van der Waals surface area (Å²) in [5.74, 6) is 2.25. The van der Waals surface area contributed by atoms with E-state index < -0.39 is 6.10 Å². The van der Waals surface area contributed by atoms with Gasteiger partial charge in [-0.05, 0) is 68.1 Å². The zero-order chi connectivity index (χ0) is 17.9. The van der Waals surface area contributed by atoms with Gasteiger partial charge in [-0.3, -0.25) is 4.79 Å². The third kappa shape index (κ3) is 3.74. The van der Waals surface area contributed by atoms with E-state index in [2.05, 4.69) is 10.6 Å². The van der Waals surface area contributed by atoms with Crippen molar-refractivity contribution in [3.05, 3.63) is 60.2 Å². The van der Waals surface area contributed by atoms with Crippen LogP contribution < -0.4 is 15.4 Å². The van der Waals surface area contributed by atoms with Gasteiger partial charge in [0.1, 0.15) is 11.5 Å². The Morgan fingerprint density at radius 2 is 1.73 bits per heavy atom. The van der Waals surface area contributed by atoms with E-state index in [1.54, 1.807) is 18.2 Å². The number of para-hydroxylation sites is 1. The molecule has 5 heteroatoms. The van der Waals surface area contributed by atoms with Crippen LogP contribution in [0.1, 0.15) is 23.2 Å². The van der Waals surface area contributed by atoms with Gasteiger partial charge in [0.15, 0.2) is 0 Å². The van der Waals surface area contributed by atoms with Crippen LogP contribution in [0.4, 0.5) is 0 Å². The molecule has 1 saturated carbocycles. The molecule has 1 aliphatic heterocycles. The molecule has 3 N–H and O–H groups in total. The number of aliphatic hydroxyl groups is 1. The average molecular weight is 352 g/mol. The summed E-state index contributed by atoms with van der Waals surface area (Å²) in [5, 5.41) is 16.8. The topological polar surface area (TPSA) is 70.6 Å². The van der Waals surface area contributed by atoms with Crippen LogP contribution in [0.3, 0.4) is 0 Å². The fraction of sp³-hybridized carbons (Fsp3) is 0.381. The molecule has 1 aliphatic carbocycles. The zero-order valence-corrected chi connectivity index (χ0v) is 14.6. The van der Waals surface area contributed by atoms with Crippen molar-refractivity contribution in [1.82, 2.24) is 10.6 Å². The number of nitrogens with one attached hydrogen (secondary N) is 2. The highest BCUT2D eigenvalue weighted by Gasteiger charge is 2.39. The number of amides is 1. The Morgan fingerprint density at radius 3 is 2.54 bits per heavy atom. The second kappa shape index (κ2) is 7.48. The maximum Gasteiger partial charge on any atom is 0.251 e. The lowest BCUT2D eigenvalue weighted by molar-refractivity contribution is 0.0462. The van der Waals surface area contributed by atoms with Crippen LogP contribution in [0, 0.1) is 11.8 Å². The van der Waals surface area contributed by atoms with Crippen molar-refractivity contribution in [3.8, 4) is 11.5 Å². The second-order valence-corrected chi connectivity index (χ2v) is 7.24. The van der Waals surface area contributed by atoms with Gasteiger partial charge in [0.05, 0.1) is 12.1 Å². The summed E-state index contributed by atoms with van der Waals surface area (Å²) in [6.45, 7) is 1.95. The Morgan fingerprint density at radius 1 is 1.00 bits per heavy atom. The molecule has 4 atom stereocenters. The van der Waals surface area contributed by atoms with Crippen molar-refractivity contribution in [3.63, 3.8) is 0 Å². The number of hydrogen-bond acceptors (Lipinski definition) is 4. The summed E-state index contributed by atoms with van der Waals surface area (Å²) in [4.78, 5) is 12.7. The highest BCUT2D eigenvalue weighted by atomic mass is 16.5. The molecule has 2 aromatic rings. The molecule has 0 radical (unpaired) electrons. The maximum atomic E-state index is 12.7. The number of carbonyl (C=O) groups is 1. The number of aliphatic hydroxyl groups excluding tert-OH is 1. The van der Waals surface area contributed by atoms with Crippen LogP contribution >= 0.6 is 0 Å². The van der Waals surface area contributed by atoms with E-state index in [0.717, 1.165) is 31.7 Å². The van der Waals surface area contributed by atoms with Crippen LogP contribution in [0.15, 0.2) is 54.6 Å². The lowest BCUT2D eigenvalue weighted by Gasteiger charge is -2.35. The van der Waals surface area contributed by atoms with Crippen LogP contribution in [0.5, 0.6) is 11.5 Å². The molecule has 5 nitrogen and oxygen atoms in total. The molecule has 2 aliphatic rings. The van der Waals surface area contributed by atoms with Crippen LogP contribution in [0.25, 0.3) is 0 Å². The summed E-state index contributed by atoms with van der Waals surface area (Å²) in [6, 6.07) is 16.4. The minimum absolute atomic E-state index is 0.169. The lowest BCUT2D eigenvalue weighted by Crippen LogP contribution is -2.49. The van der Waals surface area contributed by atoms with Gasteiger partial charge in [-0.25, -0.2) is 0 Å². The lowest BCUT2D eigenvalue weighted by atomic mass is 9.77. The van der Waals surface area contributed by atoms with E-state index in [1.165, 1.54) is 0 Å². The number of rotatable bonds is 4. The molecular weight excluding hydrogens is 328 g/mol. The minimum atomic E-state index is -0.483. The van der Waals surface area contributed by atoms with Gasteiger partial charge in [-0.15, -0.1) is 0 Å². The monoisotopic (exact) mass is 352 g/mol. The molecule has 2 fully saturated rings. The Bertz CT molecular complexity index is 765. The summed E-state index contributed by atoms with van der Waals surface area (Å²) >= 11 is 0. The first kappa shape index (κ1) is 17.1. The van der Waals surface area contributed by atoms with Crippen molar-refractivity contribution in [1.29, 1.82) is 0 Å². The average Bonchev–Trinajstić information content (AvgIpc) is 3.10. The van der Waals surface area contributed by atoms with Crippen LogP contribution in [-0.4, -0.2) is 36.2 Å².